The molecule has 3 nitrogen and oxygen atoms in total. The van der Waals surface area contributed by atoms with E-state index in [-0.39, 0.29) is 11.0 Å². The summed E-state index contributed by atoms with van der Waals surface area (Å²) in [4.78, 5) is 0. The maximum absolute atomic E-state index is 10.1. The summed E-state index contributed by atoms with van der Waals surface area (Å²) in [5, 5.41) is 19.9. The van der Waals surface area contributed by atoms with Crippen molar-refractivity contribution in [2.45, 2.75) is 71.4 Å². The monoisotopic (exact) mass is 288 g/mol. The van der Waals surface area contributed by atoms with Gasteiger partial charge in [-0.05, 0) is 25.1 Å². The van der Waals surface area contributed by atoms with Crippen LogP contribution in [0.5, 0.6) is 0 Å². The van der Waals surface area contributed by atoms with Crippen molar-refractivity contribution in [2.24, 2.45) is 5.92 Å². The minimum atomic E-state index is -1.76. The second-order valence-corrected chi connectivity index (χ2v) is 11.8. The molecule has 0 saturated carbocycles. The van der Waals surface area contributed by atoms with E-state index in [0.717, 1.165) is 0 Å². The van der Waals surface area contributed by atoms with E-state index in [1.54, 1.807) is 12.2 Å². The van der Waals surface area contributed by atoms with Crippen LogP contribution >= 0.6 is 0 Å². The second kappa shape index (κ2) is 7.57. The number of rotatable bonds is 7. The Morgan fingerprint density at radius 1 is 1.21 bits per heavy atom. The Labute approximate surface area is 119 Å². The van der Waals surface area contributed by atoms with E-state index in [1.807, 2.05) is 13.8 Å². The summed E-state index contributed by atoms with van der Waals surface area (Å²) in [6, 6.07) is 0. The molecule has 0 amide bonds. The summed E-state index contributed by atoms with van der Waals surface area (Å²) in [6.07, 6.45) is 2.76. The topological polar surface area (TPSA) is 49.7 Å². The second-order valence-electron chi connectivity index (χ2n) is 6.94. The van der Waals surface area contributed by atoms with Crippen LogP contribution in [0.4, 0.5) is 0 Å². The van der Waals surface area contributed by atoms with Crippen molar-refractivity contribution < 1.29 is 14.6 Å². The Hall–Kier alpha value is -0.163. The third-order valence-corrected chi connectivity index (χ3v) is 8.57. The first kappa shape index (κ1) is 18.8. The third kappa shape index (κ3) is 6.70. The summed E-state index contributed by atoms with van der Waals surface area (Å²) in [5.74, 6) is 0.0361. The number of aliphatic hydroxyl groups excluding tert-OH is 2. The lowest BCUT2D eigenvalue weighted by molar-refractivity contribution is 0.0438. The highest BCUT2D eigenvalue weighted by Crippen LogP contribution is 2.36. The molecule has 0 unspecified atom stereocenters. The zero-order valence-electron chi connectivity index (χ0n) is 13.6. The van der Waals surface area contributed by atoms with E-state index < -0.39 is 20.5 Å². The zero-order chi connectivity index (χ0) is 15.3. The molecule has 0 spiro atoms. The first-order valence-electron chi connectivity index (χ1n) is 7.14. The van der Waals surface area contributed by atoms with Gasteiger partial charge in [-0.15, -0.1) is 0 Å². The van der Waals surface area contributed by atoms with Crippen molar-refractivity contribution in [1.82, 2.24) is 0 Å². The molecule has 4 heteroatoms. The highest BCUT2D eigenvalue weighted by molar-refractivity contribution is 6.74. The first-order valence-corrected chi connectivity index (χ1v) is 10.0. The van der Waals surface area contributed by atoms with E-state index in [4.69, 9.17) is 4.43 Å². The van der Waals surface area contributed by atoms with Crippen molar-refractivity contribution in [3.63, 3.8) is 0 Å². The van der Waals surface area contributed by atoms with E-state index >= 15 is 0 Å². The minimum Gasteiger partial charge on any atom is -0.416 e. The van der Waals surface area contributed by atoms with Gasteiger partial charge in [0.25, 0.3) is 0 Å². The molecule has 0 aliphatic rings. The summed E-state index contributed by atoms with van der Waals surface area (Å²) >= 11 is 0. The average Bonchev–Trinajstić information content (AvgIpc) is 2.24. The first-order chi connectivity index (χ1) is 8.51. The fraction of sp³-hybridized carbons (Fsp3) is 0.867. The lowest BCUT2D eigenvalue weighted by atomic mass is 10.00. The van der Waals surface area contributed by atoms with Crippen molar-refractivity contribution in [2.75, 3.05) is 6.61 Å². The number of hydrogen-bond donors (Lipinski definition) is 2. The van der Waals surface area contributed by atoms with Crippen LogP contribution in [-0.2, 0) is 4.43 Å². The van der Waals surface area contributed by atoms with Crippen LogP contribution in [0, 0.1) is 5.92 Å². The molecule has 0 aromatic carbocycles. The van der Waals surface area contributed by atoms with Gasteiger partial charge in [0.15, 0.2) is 8.32 Å². The van der Waals surface area contributed by atoms with Crippen LogP contribution < -0.4 is 0 Å². The SMILES string of the molecule is C/C=C/[C@H](O)C[C@H](O)[C@@H](C)CO[Si](C)(C)C(C)(C)C. The number of hydrogen-bond acceptors (Lipinski definition) is 3. The van der Waals surface area contributed by atoms with Gasteiger partial charge >= 0.3 is 0 Å². The number of allylic oxidation sites excluding steroid dienone is 1. The number of aliphatic hydroxyl groups is 2. The molecule has 0 bridgehead atoms. The summed E-state index contributed by atoms with van der Waals surface area (Å²) in [7, 11) is -1.76. The molecule has 3 atom stereocenters. The third-order valence-electron chi connectivity index (χ3n) is 4.07. The van der Waals surface area contributed by atoms with Crippen molar-refractivity contribution >= 4 is 8.32 Å². The molecular weight excluding hydrogens is 256 g/mol. The highest BCUT2D eigenvalue weighted by atomic mass is 28.4. The normalized spacial score (nSPS) is 18.6. The Balaban J connectivity index is 4.28. The maximum atomic E-state index is 10.1. The lowest BCUT2D eigenvalue weighted by Gasteiger charge is -2.37. The average molecular weight is 289 g/mol. The quantitative estimate of drug-likeness (QED) is 0.558. The standard InChI is InChI=1S/C15H32O3Si/c1-8-9-13(16)10-14(17)12(2)11-18-19(6,7)15(3,4)5/h8-9,12-14,16-17H,10-11H2,1-7H3/b9-8+/t12-,13-,14-/m0/s1. The predicted octanol–water partition coefficient (Wildman–Crippen LogP) is 3.33. The molecule has 0 radical (unpaired) electrons. The van der Waals surface area contributed by atoms with Gasteiger partial charge in [-0.25, -0.2) is 0 Å². The zero-order valence-corrected chi connectivity index (χ0v) is 14.6. The Morgan fingerprint density at radius 3 is 2.16 bits per heavy atom. The van der Waals surface area contributed by atoms with Gasteiger partial charge in [0, 0.05) is 18.9 Å². The lowest BCUT2D eigenvalue weighted by Crippen LogP contribution is -2.42. The van der Waals surface area contributed by atoms with Gasteiger partial charge in [0.2, 0.25) is 0 Å². The van der Waals surface area contributed by atoms with Crippen LogP contribution in [-0.4, -0.2) is 37.3 Å². The van der Waals surface area contributed by atoms with E-state index in [9.17, 15) is 10.2 Å². The van der Waals surface area contributed by atoms with Crippen molar-refractivity contribution in [3.8, 4) is 0 Å². The predicted molar refractivity (Wildman–Crippen MR) is 83.8 cm³/mol. The molecule has 0 fully saturated rings. The summed E-state index contributed by atoms with van der Waals surface area (Å²) in [6.45, 7) is 15.4. The van der Waals surface area contributed by atoms with Crippen LogP contribution in [0.25, 0.3) is 0 Å². The highest BCUT2D eigenvalue weighted by Gasteiger charge is 2.37. The van der Waals surface area contributed by atoms with Crippen molar-refractivity contribution in [1.29, 1.82) is 0 Å². The summed E-state index contributed by atoms with van der Waals surface area (Å²) < 4.78 is 6.10. The van der Waals surface area contributed by atoms with Crippen LogP contribution in [0.1, 0.15) is 41.0 Å². The van der Waals surface area contributed by atoms with Crippen LogP contribution in [0.3, 0.4) is 0 Å². The summed E-state index contributed by atoms with van der Waals surface area (Å²) in [5.41, 5.74) is 0. The Kier molecular flexibility index (Phi) is 7.51. The van der Waals surface area contributed by atoms with E-state index in [0.29, 0.717) is 13.0 Å². The van der Waals surface area contributed by atoms with E-state index in [2.05, 4.69) is 33.9 Å². The fourth-order valence-corrected chi connectivity index (χ4v) is 2.56. The Bertz CT molecular complexity index is 282. The smallest absolute Gasteiger partial charge is 0.191 e. The van der Waals surface area contributed by atoms with Gasteiger partial charge in [0.05, 0.1) is 12.2 Å². The van der Waals surface area contributed by atoms with Gasteiger partial charge in [0.1, 0.15) is 0 Å². The molecule has 19 heavy (non-hydrogen) atoms. The molecule has 0 aliphatic carbocycles. The maximum Gasteiger partial charge on any atom is 0.191 e. The molecule has 0 rings (SSSR count). The fourth-order valence-electron chi connectivity index (χ4n) is 1.45. The van der Waals surface area contributed by atoms with Gasteiger partial charge in [-0.3, -0.25) is 0 Å². The van der Waals surface area contributed by atoms with Gasteiger partial charge in [-0.1, -0.05) is 39.8 Å². The van der Waals surface area contributed by atoms with Crippen molar-refractivity contribution in [3.05, 3.63) is 12.2 Å². The van der Waals surface area contributed by atoms with Crippen LogP contribution in [0.15, 0.2) is 12.2 Å². The molecule has 0 saturated heterocycles. The molecule has 0 aromatic rings. The largest absolute Gasteiger partial charge is 0.416 e. The molecule has 2 N–H and O–H groups in total. The molecule has 0 aromatic heterocycles. The Morgan fingerprint density at radius 2 is 1.74 bits per heavy atom. The molecule has 0 heterocycles. The van der Waals surface area contributed by atoms with E-state index in [1.165, 1.54) is 0 Å². The molecular formula is C15H32O3Si. The van der Waals surface area contributed by atoms with Gasteiger partial charge in [-0.2, -0.15) is 0 Å². The molecule has 114 valence electrons. The van der Waals surface area contributed by atoms with Crippen LogP contribution in [0.2, 0.25) is 18.1 Å². The molecule has 0 aliphatic heterocycles. The van der Waals surface area contributed by atoms with Gasteiger partial charge < -0.3 is 14.6 Å². The minimum absolute atomic E-state index is 0.0361.